The molecule has 2 aromatic carbocycles. The molecule has 0 fully saturated rings. The number of carbonyl (C=O) groups excluding carboxylic acids is 1. The molecule has 0 saturated heterocycles. The average Bonchev–Trinajstić information content (AvgIpc) is 2.69. The van der Waals surface area contributed by atoms with E-state index in [9.17, 15) is 24.6 Å². The summed E-state index contributed by atoms with van der Waals surface area (Å²) in [7, 11) is 0. The number of hydrogen-bond donors (Lipinski definition) is 3. The van der Waals surface area contributed by atoms with Crippen molar-refractivity contribution in [3.63, 3.8) is 0 Å². The normalized spacial score (nSPS) is 11.6. The Morgan fingerprint density at radius 3 is 2.38 bits per heavy atom. The van der Waals surface area contributed by atoms with Crippen molar-refractivity contribution in [2.24, 2.45) is 0 Å². The minimum absolute atomic E-state index is 0.0506. The molecule has 1 atom stereocenters. The molecule has 1 heterocycles. The van der Waals surface area contributed by atoms with E-state index < -0.39 is 34.9 Å². The number of aliphatic carboxylic acids is 1. The standard InChI is InChI=1S/C20H16BrN3O5/c21-13-6-8-14(9-7-13)24-17(26)11-16(25)18(23-24)19(27)22-15(20(28)29)10-12-4-2-1-3-5-12/h1-9,11,15,25H,10H2,(H,22,27)(H,28,29). The molecule has 3 aromatic rings. The summed E-state index contributed by atoms with van der Waals surface area (Å²) in [5.74, 6) is -2.77. The number of nitrogens with zero attached hydrogens (tertiary/aromatic N) is 2. The van der Waals surface area contributed by atoms with Crippen LogP contribution in [0.25, 0.3) is 5.69 Å². The fourth-order valence-corrected chi connectivity index (χ4v) is 2.92. The van der Waals surface area contributed by atoms with E-state index in [4.69, 9.17) is 0 Å². The molecule has 1 aromatic heterocycles. The Morgan fingerprint density at radius 2 is 1.76 bits per heavy atom. The largest absolute Gasteiger partial charge is 0.505 e. The van der Waals surface area contributed by atoms with Crippen molar-refractivity contribution >= 4 is 27.8 Å². The Kier molecular flexibility index (Phi) is 6.08. The first-order valence-corrected chi connectivity index (χ1v) is 9.31. The molecule has 0 aliphatic heterocycles. The van der Waals surface area contributed by atoms with Crippen LogP contribution in [0.3, 0.4) is 0 Å². The molecule has 0 radical (unpaired) electrons. The molecule has 8 nitrogen and oxygen atoms in total. The molecule has 148 valence electrons. The van der Waals surface area contributed by atoms with Crippen LogP contribution in [-0.2, 0) is 11.2 Å². The fraction of sp³-hybridized carbons (Fsp3) is 0.100. The number of rotatable bonds is 6. The van der Waals surface area contributed by atoms with Gasteiger partial charge in [0.1, 0.15) is 6.04 Å². The maximum absolute atomic E-state index is 12.6. The van der Waals surface area contributed by atoms with Crippen molar-refractivity contribution < 1.29 is 19.8 Å². The monoisotopic (exact) mass is 457 g/mol. The van der Waals surface area contributed by atoms with Crippen LogP contribution in [0.1, 0.15) is 16.1 Å². The molecule has 3 N–H and O–H groups in total. The Bertz CT molecular complexity index is 1100. The molecule has 1 amide bonds. The maximum Gasteiger partial charge on any atom is 0.326 e. The number of amides is 1. The van der Waals surface area contributed by atoms with E-state index in [2.05, 4.69) is 26.3 Å². The number of hydrogen-bond acceptors (Lipinski definition) is 5. The predicted molar refractivity (Wildman–Crippen MR) is 108 cm³/mol. The second kappa shape index (κ2) is 8.70. The molecule has 0 saturated carbocycles. The SMILES string of the molecule is O=C(NC(Cc1ccccc1)C(=O)O)c1nn(-c2ccc(Br)cc2)c(=O)cc1O. The van der Waals surface area contributed by atoms with Crippen molar-refractivity contribution in [3.8, 4) is 11.4 Å². The lowest BCUT2D eigenvalue weighted by atomic mass is 10.1. The lowest BCUT2D eigenvalue weighted by Gasteiger charge is -2.15. The molecule has 1 unspecified atom stereocenters. The number of carboxylic acids is 1. The van der Waals surface area contributed by atoms with Crippen LogP contribution < -0.4 is 10.9 Å². The number of benzene rings is 2. The summed E-state index contributed by atoms with van der Waals surface area (Å²) in [4.78, 5) is 36.3. The second-order valence-corrected chi connectivity index (χ2v) is 7.07. The first-order valence-electron chi connectivity index (χ1n) is 8.52. The van der Waals surface area contributed by atoms with Crippen molar-refractivity contribution in [1.82, 2.24) is 15.1 Å². The zero-order chi connectivity index (χ0) is 21.0. The van der Waals surface area contributed by atoms with E-state index >= 15 is 0 Å². The molecule has 0 spiro atoms. The van der Waals surface area contributed by atoms with Crippen LogP contribution >= 0.6 is 15.9 Å². The highest BCUT2D eigenvalue weighted by Gasteiger charge is 2.24. The topological polar surface area (TPSA) is 122 Å². The fourth-order valence-electron chi connectivity index (χ4n) is 2.65. The van der Waals surface area contributed by atoms with Gasteiger partial charge in [-0.25, -0.2) is 4.79 Å². The third-order valence-electron chi connectivity index (χ3n) is 4.08. The summed E-state index contributed by atoms with van der Waals surface area (Å²) in [5, 5.41) is 25.7. The Balaban J connectivity index is 1.89. The summed E-state index contributed by atoms with van der Waals surface area (Å²) < 4.78 is 1.74. The minimum Gasteiger partial charge on any atom is -0.505 e. The van der Waals surface area contributed by atoms with Gasteiger partial charge in [0.25, 0.3) is 11.5 Å². The summed E-state index contributed by atoms with van der Waals surface area (Å²) in [5.41, 5.74) is 0.0100. The van der Waals surface area contributed by atoms with E-state index in [1.54, 1.807) is 54.6 Å². The lowest BCUT2D eigenvalue weighted by molar-refractivity contribution is -0.139. The summed E-state index contributed by atoms with van der Waals surface area (Å²) >= 11 is 3.29. The quantitative estimate of drug-likeness (QED) is 0.521. The zero-order valence-corrected chi connectivity index (χ0v) is 16.5. The zero-order valence-electron chi connectivity index (χ0n) is 14.9. The highest BCUT2D eigenvalue weighted by molar-refractivity contribution is 9.10. The molecule has 9 heteroatoms. The van der Waals surface area contributed by atoms with E-state index in [0.717, 1.165) is 20.8 Å². The van der Waals surface area contributed by atoms with Crippen molar-refractivity contribution in [1.29, 1.82) is 0 Å². The van der Waals surface area contributed by atoms with E-state index in [-0.39, 0.29) is 6.42 Å². The van der Waals surface area contributed by atoms with E-state index in [0.29, 0.717) is 5.69 Å². The molecular weight excluding hydrogens is 442 g/mol. The van der Waals surface area contributed by atoms with Gasteiger partial charge < -0.3 is 15.5 Å². The number of aromatic nitrogens is 2. The van der Waals surface area contributed by atoms with Crippen LogP contribution in [0.15, 0.2) is 69.9 Å². The van der Waals surface area contributed by atoms with E-state index in [1.165, 1.54) is 0 Å². The third kappa shape index (κ3) is 4.88. The van der Waals surface area contributed by atoms with Crippen LogP contribution in [0.2, 0.25) is 0 Å². The van der Waals surface area contributed by atoms with Crippen LogP contribution in [0, 0.1) is 0 Å². The number of nitrogens with one attached hydrogen (secondary N) is 1. The second-order valence-electron chi connectivity index (χ2n) is 6.16. The Labute approximate surface area is 173 Å². The van der Waals surface area contributed by atoms with E-state index in [1.807, 2.05) is 0 Å². The van der Waals surface area contributed by atoms with Crippen LogP contribution in [0.5, 0.6) is 5.75 Å². The highest BCUT2D eigenvalue weighted by Crippen LogP contribution is 2.16. The summed E-state index contributed by atoms with van der Waals surface area (Å²) in [6, 6.07) is 15.0. The smallest absolute Gasteiger partial charge is 0.326 e. The Morgan fingerprint density at radius 1 is 1.10 bits per heavy atom. The maximum atomic E-state index is 12.6. The van der Waals surface area contributed by atoms with Crippen LogP contribution in [-0.4, -0.2) is 37.9 Å². The number of halogens is 1. The van der Waals surface area contributed by atoms with Gasteiger partial charge in [-0.05, 0) is 29.8 Å². The number of carbonyl (C=O) groups is 2. The first-order chi connectivity index (χ1) is 13.8. The van der Waals surface area contributed by atoms with Gasteiger partial charge in [0, 0.05) is 17.0 Å². The van der Waals surface area contributed by atoms with Gasteiger partial charge in [-0.3, -0.25) is 9.59 Å². The van der Waals surface area contributed by atoms with Gasteiger partial charge in [-0.15, -0.1) is 0 Å². The summed E-state index contributed by atoms with van der Waals surface area (Å²) in [6.07, 6.45) is 0.0506. The number of carboxylic acid groups (broad SMARTS) is 1. The molecule has 0 aliphatic carbocycles. The highest BCUT2D eigenvalue weighted by atomic mass is 79.9. The average molecular weight is 458 g/mol. The van der Waals surface area contributed by atoms with Gasteiger partial charge in [0.15, 0.2) is 11.4 Å². The minimum atomic E-state index is -1.24. The van der Waals surface area contributed by atoms with Gasteiger partial charge >= 0.3 is 5.97 Å². The molecule has 3 rings (SSSR count). The van der Waals surface area contributed by atoms with Crippen LogP contribution in [0.4, 0.5) is 0 Å². The Hall–Kier alpha value is -3.46. The van der Waals surface area contributed by atoms with Gasteiger partial charge in [0.05, 0.1) is 5.69 Å². The predicted octanol–water partition coefficient (Wildman–Crippen LogP) is 2.13. The third-order valence-corrected chi connectivity index (χ3v) is 4.61. The first kappa shape index (κ1) is 20.3. The van der Waals surface area contributed by atoms with Crippen molar-refractivity contribution in [2.75, 3.05) is 0 Å². The molecule has 0 aliphatic rings. The lowest BCUT2D eigenvalue weighted by Crippen LogP contribution is -2.43. The van der Waals surface area contributed by atoms with Gasteiger partial charge in [0.2, 0.25) is 0 Å². The molecular formula is C20H16BrN3O5. The molecule has 0 bridgehead atoms. The summed E-state index contributed by atoms with van der Waals surface area (Å²) in [6.45, 7) is 0. The molecule has 29 heavy (non-hydrogen) atoms. The van der Waals surface area contributed by atoms with Gasteiger partial charge in [-0.1, -0.05) is 46.3 Å². The van der Waals surface area contributed by atoms with Gasteiger partial charge in [-0.2, -0.15) is 9.78 Å². The van der Waals surface area contributed by atoms with Crippen molar-refractivity contribution in [2.45, 2.75) is 12.5 Å². The van der Waals surface area contributed by atoms with Crippen molar-refractivity contribution in [3.05, 3.63) is 86.7 Å². The number of aromatic hydroxyl groups is 1.